The number of rotatable bonds is 2. The Hall–Kier alpha value is -2.24. The maximum absolute atomic E-state index is 11.6. The molecule has 1 aliphatic carbocycles. The SMILES string of the molecule is CC(C)(C)OC(=O)N[C@H]1C[C@H]1c1ccccc1.O=C(O)O. The zero-order chi connectivity index (χ0) is 16.0. The maximum Gasteiger partial charge on any atom is 0.503 e. The third-order valence-corrected chi connectivity index (χ3v) is 2.72. The molecule has 116 valence electrons. The number of hydrogen-bond acceptors (Lipinski definition) is 3. The number of carbonyl (C=O) groups excluding carboxylic acids is 1. The molecule has 0 bridgehead atoms. The van der Waals surface area contributed by atoms with Gasteiger partial charge in [-0.2, -0.15) is 0 Å². The van der Waals surface area contributed by atoms with Crippen LogP contribution in [0.15, 0.2) is 30.3 Å². The van der Waals surface area contributed by atoms with Gasteiger partial charge in [0.15, 0.2) is 0 Å². The summed E-state index contributed by atoms with van der Waals surface area (Å²) in [6.45, 7) is 5.61. The van der Waals surface area contributed by atoms with Gasteiger partial charge in [-0.25, -0.2) is 9.59 Å². The first-order valence-electron chi connectivity index (χ1n) is 6.65. The van der Waals surface area contributed by atoms with Gasteiger partial charge < -0.3 is 20.3 Å². The van der Waals surface area contributed by atoms with Crippen LogP contribution in [-0.4, -0.2) is 34.1 Å². The van der Waals surface area contributed by atoms with E-state index in [1.54, 1.807) is 0 Å². The quantitative estimate of drug-likeness (QED) is 0.778. The standard InChI is InChI=1S/C14H19NO2.CH2O3/c1-14(2,3)17-13(16)15-12-9-11(12)10-7-5-4-6-8-10;2-1(3)4/h4-8,11-12H,9H2,1-3H3,(H,15,16);(H2,2,3,4)/t11-,12-;/m0./s1. The summed E-state index contributed by atoms with van der Waals surface area (Å²) in [6, 6.07) is 10.5. The third kappa shape index (κ3) is 7.20. The van der Waals surface area contributed by atoms with Crippen LogP contribution in [0.3, 0.4) is 0 Å². The van der Waals surface area contributed by atoms with Crippen LogP contribution in [-0.2, 0) is 4.74 Å². The summed E-state index contributed by atoms with van der Waals surface area (Å²) < 4.78 is 5.22. The number of amides is 1. The molecule has 6 nitrogen and oxygen atoms in total. The molecule has 0 saturated heterocycles. The molecular formula is C15H21NO5. The van der Waals surface area contributed by atoms with E-state index in [0.29, 0.717) is 5.92 Å². The summed E-state index contributed by atoms with van der Waals surface area (Å²) in [7, 11) is 0. The first kappa shape index (κ1) is 16.8. The minimum absolute atomic E-state index is 0.229. The Morgan fingerprint density at radius 2 is 1.71 bits per heavy atom. The van der Waals surface area contributed by atoms with E-state index < -0.39 is 11.8 Å². The number of alkyl carbamates (subject to hydrolysis) is 1. The van der Waals surface area contributed by atoms with Crippen LogP contribution in [0.5, 0.6) is 0 Å². The molecule has 1 aromatic carbocycles. The Bertz CT molecular complexity index is 477. The fraction of sp³-hybridized carbons (Fsp3) is 0.467. The van der Waals surface area contributed by atoms with E-state index in [4.69, 9.17) is 19.7 Å². The van der Waals surface area contributed by atoms with E-state index >= 15 is 0 Å². The van der Waals surface area contributed by atoms with Crippen LogP contribution >= 0.6 is 0 Å². The Morgan fingerprint density at radius 3 is 2.19 bits per heavy atom. The van der Waals surface area contributed by atoms with E-state index in [2.05, 4.69) is 17.4 Å². The van der Waals surface area contributed by atoms with Gasteiger partial charge in [0.25, 0.3) is 0 Å². The normalized spacial score (nSPS) is 19.8. The molecule has 1 saturated carbocycles. The molecule has 3 N–H and O–H groups in total. The first-order chi connectivity index (χ1) is 9.69. The molecule has 1 fully saturated rings. The number of hydrogen-bond donors (Lipinski definition) is 3. The van der Waals surface area contributed by atoms with Gasteiger partial charge in [-0.3, -0.25) is 0 Å². The fourth-order valence-corrected chi connectivity index (χ4v) is 1.88. The van der Waals surface area contributed by atoms with Crippen molar-refractivity contribution >= 4 is 12.2 Å². The molecule has 0 unspecified atom stereocenters. The number of benzene rings is 1. The average Bonchev–Trinajstić information content (AvgIpc) is 3.06. The lowest BCUT2D eigenvalue weighted by Crippen LogP contribution is -2.34. The van der Waals surface area contributed by atoms with Crippen LogP contribution in [0, 0.1) is 0 Å². The van der Waals surface area contributed by atoms with Crippen molar-refractivity contribution in [1.82, 2.24) is 5.32 Å². The van der Waals surface area contributed by atoms with Crippen molar-refractivity contribution < 1.29 is 24.5 Å². The summed E-state index contributed by atoms with van der Waals surface area (Å²) in [5.74, 6) is 0.448. The molecule has 21 heavy (non-hydrogen) atoms. The molecule has 0 heterocycles. The van der Waals surface area contributed by atoms with Gasteiger partial charge in [-0.1, -0.05) is 30.3 Å². The molecule has 0 aromatic heterocycles. The summed E-state index contributed by atoms with van der Waals surface area (Å²) in [5, 5.41) is 16.8. The second kappa shape index (κ2) is 6.97. The van der Waals surface area contributed by atoms with Gasteiger partial charge in [-0.05, 0) is 32.8 Å². The van der Waals surface area contributed by atoms with Gasteiger partial charge >= 0.3 is 12.2 Å². The van der Waals surface area contributed by atoms with Gasteiger partial charge in [0, 0.05) is 12.0 Å². The van der Waals surface area contributed by atoms with Gasteiger partial charge in [0.2, 0.25) is 0 Å². The fourth-order valence-electron chi connectivity index (χ4n) is 1.88. The Morgan fingerprint density at radius 1 is 1.19 bits per heavy atom. The predicted octanol–water partition coefficient (Wildman–Crippen LogP) is 3.29. The average molecular weight is 295 g/mol. The summed E-state index contributed by atoms with van der Waals surface area (Å²) in [6.07, 6.45) is -1.15. The molecule has 0 aliphatic heterocycles. The smallest absolute Gasteiger partial charge is 0.450 e. The monoisotopic (exact) mass is 295 g/mol. The lowest BCUT2D eigenvalue weighted by Gasteiger charge is -2.19. The molecule has 1 aliphatic rings. The Balaban J connectivity index is 0.000000491. The van der Waals surface area contributed by atoms with E-state index in [9.17, 15) is 4.79 Å². The zero-order valence-electron chi connectivity index (χ0n) is 12.4. The first-order valence-corrected chi connectivity index (χ1v) is 6.65. The Kier molecular flexibility index (Phi) is 5.58. The molecule has 6 heteroatoms. The second-order valence-electron chi connectivity index (χ2n) is 5.79. The van der Waals surface area contributed by atoms with Gasteiger partial charge in [-0.15, -0.1) is 0 Å². The molecule has 0 spiro atoms. The van der Waals surface area contributed by atoms with Crippen molar-refractivity contribution in [3.05, 3.63) is 35.9 Å². The minimum atomic E-state index is -1.83. The van der Waals surface area contributed by atoms with Crippen LogP contribution in [0.2, 0.25) is 0 Å². The number of carbonyl (C=O) groups is 2. The number of carboxylic acid groups (broad SMARTS) is 2. The number of ether oxygens (including phenoxy) is 1. The van der Waals surface area contributed by atoms with Crippen molar-refractivity contribution in [3.63, 3.8) is 0 Å². The predicted molar refractivity (Wildman–Crippen MR) is 77.6 cm³/mol. The third-order valence-electron chi connectivity index (χ3n) is 2.72. The van der Waals surface area contributed by atoms with E-state index in [0.717, 1.165) is 6.42 Å². The second-order valence-corrected chi connectivity index (χ2v) is 5.79. The topological polar surface area (TPSA) is 95.9 Å². The van der Waals surface area contributed by atoms with Gasteiger partial charge in [0.05, 0.1) is 0 Å². The van der Waals surface area contributed by atoms with E-state index in [1.165, 1.54) is 5.56 Å². The summed E-state index contributed by atoms with van der Waals surface area (Å²) >= 11 is 0. The van der Waals surface area contributed by atoms with Crippen LogP contribution in [0.4, 0.5) is 9.59 Å². The highest BCUT2D eigenvalue weighted by Gasteiger charge is 2.40. The lowest BCUT2D eigenvalue weighted by molar-refractivity contribution is 0.0522. The number of nitrogens with one attached hydrogen (secondary N) is 1. The highest BCUT2D eigenvalue weighted by molar-refractivity contribution is 5.69. The molecule has 2 atom stereocenters. The summed E-state index contributed by atoms with van der Waals surface area (Å²) in [5.41, 5.74) is 0.856. The minimum Gasteiger partial charge on any atom is -0.450 e. The van der Waals surface area contributed by atoms with Crippen molar-refractivity contribution in [1.29, 1.82) is 0 Å². The van der Waals surface area contributed by atoms with E-state index in [-0.39, 0.29) is 12.1 Å². The zero-order valence-corrected chi connectivity index (χ0v) is 12.4. The molecule has 1 aromatic rings. The lowest BCUT2D eigenvalue weighted by atomic mass is 10.1. The van der Waals surface area contributed by atoms with Crippen LogP contribution < -0.4 is 5.32 Å². The highest BCUT2D eigenvalue weighted by atomic mass is 16.6. The molecule has 0 radical (unpaired) electrons. The summed E-state index contributed by atoms with van der Waals surface area (Å²) in [4.78, 5) is 20.1. The molecule has 1 amide bonds. The molecule has 2 rings (SSSR count). The van der Waals surface area contributed by atoms with Crippen molar-refractivity contribution in [2.24, 2.45) is 0 Å². The van der Waals surface area contributed by atoms with Crippen molar-refractivity contribution in [2.45, 2.75) is 44.8 Å². The Labute approximate surface area is 123 Å². The van der Waals surface area contributed by atoms with E-state index in [1.807, 2.05) is 39.0 Å². The highest BCUT2D eigenvalue weighted by Crippen LogP contribution is 2.40. The largest absolute Gasteiger partial charge is 0.503 e. The van der Waals surface area contributed by atoms with Gasteiger partial charge in [0.1, 0.15) is 5.60 Å². The molecular weight excluding hydrogens is 274 g/mol. The van der Waals surface area contributed by atoms with Crippen molar-refractivity contribution in [3.8, 4) is 0 Å². The van der Waals surface area contributed by atoms with Crippen molar-refractivity contribution in [2.75, 3.05) is 0 Å². The van der Waals surface area contributed by atoms with Crippen LogP contribution in [0.1, 0.15) is 38.7 Å². The van der Waals surface area contributed by atoms with Crippen LogP contribution in [0.25, 0.3) is 0 Å². The maximum atomic E-state index is 11.6.